The van der Waals surface area contributed by atoms with Gasteiger partial charge in [-0.1, -0.05) is 20.8 Å². The van der Waals surface area contributed by atoms with Gasteiger partial charge in [0.05, 0.1) is 25.4 Å². The molecule has 42 heavy (non-hydrogen) atoms. The van der Waals surface area contributed by atoms with E-state index in [1.165, 1.54) is 12.1 Å². The first-order valence-electron chi connectivity index (χ1n) is 12.9. The van der Waals surface area contributed by atoms with Gasteiger partial charge in [-0.2, -0.15) is 22.0 Å². The highest BCUT2D eigenvalue weighted by atomic mass is 19.4. The molecule has 3 aromatic carbocycles. The lowest BCUT2D eigenvalue weighted by molar-refractivity contribution is -0.189. The van der Waals surface area contributed by atoms with Crippen molar-refractivity contribution in [3.05, 3.63) is 70.8 Å². The summed E-state index contributed by atoms with van der Waals surface area (Å²) < 4.78 is 148. The molecule has 0 aliphatic rings. The van der Waals surface area contributed by atoms with Crippen molar-refractivity contribution in [1.82, 2.24) is 0 Å². The van der Waals surface area contributed by atoms with E-state index in [-0.39, 0.29) is 48.0 Å². The number of ether oxygens (including phenoxy) is 4. The zero-order chi connectivity index (χ0) is 31.2. The van der Waals surface area contributed by atoms with Crippen LogP contribution in [0.15, 0.2) is 36.4 Å². The Morgan fingerprint density at radius 3 is 1.40 bits per heavy atom. The smallest absolute Gasteiger partial charge is 0.432 e. The molecular weight excluding hydrogens is 583 g/mol. The lowest BCUT2D eigenvalue weighted by atomic mass is 10.00. The molecule has 0 amide bonds. The van der Waals surface area contributed by atoms with E-state index in [9.17, 15) is 30.7 Å². The predicted octanol–water partition coefficient (Wildman–Crippen LogP) is 9.42. The van der Waals surface area contributed by atoms with Crippen molar-refractivity contribution in [1.29, 1.82) is 0 Å². The van der Waals surface area contributed by atoms with Crippen LogP contribution >= 0.6 is 0 Å². The van der Waals surface area contributed by atoms with Crippen molar-refractivity contribution in [2.45, 2.75) is 52.3 Å². The number of rotatable bonds is 13. The van der Waals surface area contributed by atoms with E-state index in [4.69, 9.17) is 14.2 Å². The molecule has 0 aliphatic heterocycles. The number of hydrogen-bond donors (Lipinski definition) is 0. The lowest BCUT2D eigenvalue weighted by Crippen LogP contribution is -2.25. The summed E-state index contributed by atoms with van der Waals surface area (Å²) >= 11 is 0. The molecule has 0 aromatic heterocycles. The highest BCUT2D eigenvalue weighted by Crippen LogP contribution is 2.45. The Hall–Kier alpha value is -3.77. The first kappa shape index (κ1) is 32.7. The summed E-state index contributed by atoms with van der Waals surface area (Å²) in [6, 6.07) is 3.72. The van der Waals surface area contributed by atoms with E-state index in [0.29, 0.717) is 43.8 Å². The van der Waals surface area contributed by atoms with Crippen molar-refractivity contribution in [2.24, 2.45) is 0 Å². The Kier molecular flexibility index (Phi) is 10.5. The minimum atomic E-state index is -5.47. The van der Waals surface area contributed by atoms with Gasteiger partial charge in [0.1, 0.15) is 57.4 Å². The predicted molar refractivity (Wildman–Crippen MR) is 135 cm³/mol. The minimum absolute atomic E-state index is 0.0428. The maximum atomic E-state index is 15.2. The zero-order valence-corrected chi connectivity index (χ0v) is 22.7. The van der Waals surface area contributed by atoms with Crippen LogP contribution < -0.4 is 18.9 Å². The average Bonchev–Trinajstić information content (AvgIpc) is 2.87. The molecule has 3 aromatic rings. The molecule has 0 N–H and O–H groups in total. The molecule has 0 atom stereocenters. The Morgan fingerprint density at radius 1 is 0.548 bits per heavy atom. The summed E-state index contributed by atoms with van der Waals surface area (Å²) in [6.07, 6.45) is -8.57. The first-order valence-corrected chi connectivity index (χ1v) is 12.9. The third-order valence-corrected chi connectivity index (χ3v) is 5.60. The van der Waals surface area contributed by atoms with E-state index >= 15 is 8.78 Å². The van der Waals surface area contributed by atoms with Gasteiger partial charge in [-0.05, 0) is 37.0 Å². The molecule has 0 fully saturated rings. The summed E-state index contributed by atoms with van der Waals surface area (Å²) in [6.45, 7) is 6.24. The third kappa shape index (κ3) is 7.54. The fourth-order valence-electron chi connectivity index (χ4n) is 3.88. The molecule has 3 rings (SSSR count). The van der Waals surface area contributed by atoms with Crippen LogP contribution in [0.5, 0.6) is 23.0 Å². The summed E-state index contributed by atoms with van der Waals surface area (Å²) in [4.78, 5) is 0. The molecule has 0 aliphatic carbocycles. The minimum Gasteiger partial charge on any atom is -0.493 e. The van der Waals surface area contributed by atoms with Gasteiger partial charge in [-0.15, -0.1) is 0 Å². The van der Waals surface area contributed by atoms with E-state index in [1.807, 2.05) is 20.8 Å². The Labute approximate surface area is 236 Å². The van der Waals surface area contributed by atoms with Gasteiger partial charge in [0.2, 0.25) is 0 Å². The molecule has 4 nitrogen and oxygen atoms in total. The molecule has 0 unspecified atom stereocenters. The standard InChI is InChI=1S/C29H27F9O4/c1-4-7-39-17-14-23(40-8-5-2)25(24(15-17)41-9-6-3)16-10-19(30)27(20(31)11-16)29(37,38)42-18-12-21(32)26(22(33)13-18)28(34,35)36/h10-15H,4-9H2,1-3H3. The SMILES string of the molecule is CCCOc1cc(OCCC)c(-c2cc(F)c(C(F)(F)Oc3cc(F)c(C(F)(F)F)c(F)c3)c(F)c2)c(OCCC)c1. The molecule has 0 bridgehead atoms. The fourth-order valence-corrected chi connectivity index (χ4v) is 3.88. The molecule has 0 spiro atoms. The average molecular weight is 611 g/mol. The van der Waals surface area contributed by atoms with Crippen LogP contribution in [0.3, 0.4) is 0 Å². The lowest BCUT2D eigenvalue weighted by Gasteiger charge is -2.22. The van der Waals surface area contributed by atoms with Crippen LogP contribution in [0.25, 0.3) is 11.1 Å². The largest absolute Gasteiger partial charge is 0.493 e. The second-order valence-electron chi connectivity index (χ2n) is 9.03. The number of alkyl halides is 5. The monoisotopic (exact) mass is 610 g/mol. The number of hydrogen-bond acceptors (Lipinski definition) is 4. The summed E-state index contributed by atoms with van der Waals surface area (Å²) in [5, 5.41) is 0. The summed E-state index contributed by atoms with van der Waals surface area (Å²) in [5.41, 5.74) is -4.49. The second kappa shape index (κ2) is 13.5. The second-order valence-corrected chi connectivity index (χ2v) is 9.03. The molecule has 0 saturated carbocycles. The molecule has 0 saturated heterocycles. The number of benzene rings is 3. The zero-order valence-electron chi connectivity index (χ0n) is 22.7. The third-order valence-electron chi connectivity index (χ3n) is 5.60. The van der Waals surface area contributed by atoms with Crippen LogP contribution in [0.2, 0.25) is 0 Å². The van der Waals surface area contributed by atoms with Gasteiger partial charge >= 0.3 is 12.3 Å². The summed E-state index contributed by atoms with van der Waals surface area (Å²) in [5.74, 6) is -9.05. The van der Waals surface area contributed by atoms with E-state index in [2.05, 4.69) is 4.74 Å². The fraction of sp³-hybridized carbons (Fsp3) is 0.379. The molecule has 0 radical (unpaired) electrons. The highest BCUT2D eigenvalue weighted by molar-refractivity contribution is 5.78. The van der Waals surface area contributed by atoms with E-state index in [1.54, 1.807) is 0 Å². The normalized spacial score (nSPS) is 11.9. The maximum absolute atomic E-state index is 15.2. The van der Waals surface area contributed by atoms with E-state index < -0.39 is 52.4 Å². The van der Waals surface area contributed by atoms with Crippen LogP contribution in [-0.2, 0) is 12.3 Å². The quantitative estimate of drug-likeness (QED) is 0.181. The van der Waals surface area contributed by atoms with Gasteiger partial charge in [-0.3, -0.25) is 0 Å². The van der Waals surface area contributed by atoms with Crippen LogP contribution in [0, 0.1) is 23.3 Å². The van der Waals surface area contributed by atoms with Gasteiger partial charge < -0.3 is 18.9 Å². The van der Waals surface area contributed by atoms with E-state index in [0.717, 1.165) is 0 Å². The molecule has 230 valence electrons. The molecule has 13 heteroatoms. The van der Waals surface area contributed by atoms with Gasteiger partial charge in [0.15, 0.2) is 0 Å². The van der Waals surface area contributed by atoms with Gasteiger partial charge in [-0.25, -0.2) is 17.6 Å². The first-order chi connectivity index (χ1) is 19.7. The Morgan fingerprint density at radius 2 is 0.976 bits per heavy atom. The van der Waals surface area contributed by atoms with Crippen molar-refractivity contribution in [3.8, 4) is 34.1 Å². The number of halogens is 9. The molecule has 0 heterocycles. The van der Waals surface area contributed by atoms with Gasteiger partial charge in [0, 0.05) is 24.3 Å². The highest BCUT2D eigenvalue weighted by Gasteiger charge is 2.43. The van der Waals surface area contributed by atoms with Crippen molar-refractivity contribution >= 4 is 0 Å². The molecular formula is C29H27F9O4. The van der Waals surface area contributed by atoms with Crippen molar-refractivity contribution < 1.29 is 58.5 Å². The summed E-state index contributed by atoms with van der Waals surface area (Å²) in [7, 11) is 0. The Balaban J connectivity index is 2.09. The van der Waals surface area contributed by atoms with Crippen molar-refractivity contribution in [2.75, 3.05) is 19.8 Å². The van der Waals surface area contributed by atoms with Crippen LogP contribution in [0.4, 0.5) is 39.5 Å². The van der Waals surface area contributed by atoms with Gasteiger partial charge in [0.25, 0.3) is 0 Å². The van der Waals surface area contributed by atoms with Crippen LogP contribution in [0.1, 0.15) is 51.2 Å². The van der Waals surface area contributed by atoms with Crippen LogP contribution in [-0.4, -0.2) is 19.8 Å². The van der Waals surface area contributed by atoms with Crippen molar-refractivity contribution in [3.63, 3.8) is 0 Å². The topological polar surface area (TPSA) is 36.9 Å². The maximum Gasteiger partial charge on any atom is 0.432 e. The Bertz CT molecular complexity index is 1310.